The third-order valence-electron chi connectivity index (χ3n) is 1.65. The molecule has 0 fully saturated rings. The van der Waals surface area contributed by atoms with Crippen molar-refractivity contribution in [3.63, 3.8) is 0 Å². The SMILES string of the molecule is O=C(O)c1cc(-c2ccccn2)on1. The lowest BCUT2D eigenvalue weighted by molar-refractivity contribution is 0.0686. The second-order valence-corrected chi connectivity index (χ2v) is 2.60. The first-order valence-electron chi connectivity index (χ1n) is 3.89. The zero-order valence-corrected chi connectivity index (χ0v) is 7.04. The summed E-state index contributed by atoms with van der Waals surface area (Å²) >= 11 is 0. The van der Waals surface area contributed by atoms with Gasteiger partial charge in [-0.15, -0.1) is 0 Å². The van der Waals surface area contributed by atoms with Gasteiger partial charge in [0.1, 0.15) is 5.69 Å². The molecule has 1 N–H and O–H groups in total. The fourth-order valence-electron chi connectivity index (χ4n) is 1.01. The normalized spacial score (nSPS) is 10.0. The van der Waals surface area contributed by atoms with Crippen LogP contribution in [0.25, 0.3) is 11.5 Å². The van der Waals surface area contributed by atoms with Gasteiger partial charge in [-0.1, -0.05) is 11.2 Å². The number of carbonyl (C=O) groups is 1. The molecule has 2 heterocycles. The topological polar surface area (TPSA) is 76.2 Å². The molecule has 14 heavy (non-hydrogen) atoms. The Morgan fingerprint density at radius 2 is 2.29 bits per heavy atom. The van der Waals surface area contributed by atoms with E-state index in [1.165, 1.54) is 6.07 Å². The molecule has 0 aromatic carbocycles. The number of aromatic carboxylic acids is 1. The van der Waals surface area contributed by atoms with Crippen LogP contribution in [0.1, 0.15) is 10.5 Å². The fourth-order valence-corrected chi connectivity index (χ4v) is 1.01. The number of nitrogens with zero attached hydrogens (tertiary/aromatic N) is 2. The smallest absolute Gasteiger partial charge is 0.358 e. The number of hydrogen-bond donors (Lipinski definition) is 1. The third kappa shape index (κ3) is 1.47. The maximum atomic E-state index is 10.5. The van der Waals surface area contributed by atoms with Crippen LogP contribution in [-0.4, -0.2) is 21.2 Å². The summed E-state index contributed by atoms with van der Waals surface area (Å²) in [5.74, 6) is -0.765. The molecule has 0 saturated carbocycles. The largest absolute Gasteiger partial charge is 0.476 e. The molecule has 0 spiro atoms. The molecule has 0 bridgehead atoms. The Balaban J connectivity index is 2.39. The number of carboxylic acid groups (broad SMARTS) is 1. The quantitative estimate of drug-likeness (QED) is 0.775. The van der Waals surface area contributed by atoms with Gasteiger partial charge in [0.2, 0.25) is 0 Å². The van der Waals surface area contributed by atoms with E-state index in [0.717, 1.165) is 0 Å². The lowest BCUT2D eigenvalue weighted by Crippen LogP contribution is -1.94. The maximum absolute atomic E-state index is 10.5. The first kappa shape index (κ1) is 8.43. The van der Waals surface area contributed by atoms with Crippen molar-refractivity contribution in [1.82, 2.24) is 10.1 Å². The number of pyridine rings is 1. The molecule has 0 amide bonds. The molecular formula is C9H6N2O3. The van der Waals surface area contributed by atoms with Gasteiger partial charge in [-0.05, 0) is 12.1 Å². The van der Waals surface area contributed by atoms with E-state index in [9.17, 15) is 4.79 Å². The van der Waals surface area contributed by atoms with Gasteiger partial charge in [0, 0.05) is 12.3 Å². The van der Waals surface area contributed by atoms with E-state index in [4.69, 9.17) is 9.63 Å². The van der Waals surface area contributed by atoms with E-state index >= 15 is 0 Å². The molecule has 5 heteroatoms. The highest BCUT2D eigenvalue weighted by Gasteiger charge is 2.12. The number of hydrogen-bond acceptors (Lipinski definition) is 4. The summed E-state index contributed by atoms with van der Waals surface area (Å²) in [6.07, 6.45) is 1.60. The van der Waals surface area contributed by atoms with Crippen LogP contribution in [0.4, 0.5) is 0 Å². The summed E-state index contributed by atoms with van der Waals surface area (Å²) in [4.78, 5) is 14.5. The molecular weight excluding hydrogens is 184 g/mol. The molecule has 70 valence electrons. The molecule has 0 atom stereocenters. The summed E-state index contributed by atoms with van der Waals surface area (Å²) in [7, 11) is 0. The minimum Gasteiger partial charge on any atom is -0.476 e. The van der Waals surface area contributed by atoms with Crippen LogP contribution in [0.15, 0.2) is 35.0 Å². The molecule has 0 aliphatic carbocycles. The van der Waals surface area contributed by atoms with Crippen LogP contribution < -0.4 is 0 Å². The lowest BCUT2D eigenvalue weighted by atomic mass is 10.2. The van der Waals surface area contributed by atoms with Gasteiger partial charge in [-0.2, -0.15) is 0 Å². The van der Waals surface area contributed by atoms with Crippen molar-refractivity contribution in [2.45, 2.75) is 0 Å². The highest BCUT2D eigenvalue weighted by atomic mass is 16.5. The molecule has 2 rings (SSSR count). The van der Waals surface area contributed by atoms with Crippen molar-refractivity contribution in [3.05, 3.63) is 36.2 Å². The average Bonchev–Trinajstić information content (AvgIpc) is 2.68. The van der Waals surface area contributed by atoms with Gasteiger partial charge in [0.05, 0.1) is 0 Å². The summed E-state index contributed by atoms with van der Waals surface area (Å²) in [6.45, 7) is 0. The number of carboxylic acids is 1. The number of rotatable bonds is 2. The van der Waals surface area contributed by atoms with Gasteiger partial charge >= 0.3 is 5.97 Å². The molecule has 5 nitrogen and oxygen atoms in total. The molecule has 0 unspecified atom stereocenters. The van der Waals surface area contributed by atoms with Gasteiger partial charge in [-0.25, -0.2) is 4.79 Å². The highest BCUT2D eigenvalue weighted by molar-refractivity contribution is 5.86. The minimum atomic E-state index is -1.11. The maximum Gasteiger partial charge on any atom is 0.358 e. The van der Waals surface area contributed by atoms with Gasteiger partial charge in [0.25, 0.3) is 0 Å². The Kier molecular flexibility index (Phi) is 1.98. The molecule has 2 aromatic rings. The second-order valence-electron chi connectivity index (χ2n) is 2.60. The first-order chi connectivity index (χ1) is 6.77. The van der Waals surface area contributed by atoms with Crippen molar-refractivity contribution in [2.24, 2.45) is 0 Å². The minimum absolute atomic E-state index is 0.120. The summed E-state index contributed by atoms with van der Waals surface area (Å²) in [5.41, 5.74) is 0.443. The van der Waals surface area contributed by atoms with E-state index in [1.807, 2.05) is 0 Å². The van der Waals surface area contributed by atoms with Gasteiger partial charge < -0.3 is 9.63 Å². The summed E-state index contributed by atoms with van der Waals surface area (Å²) < 4.78 is 4.82. The molecule has 0 radical (unpaired) electrons. The van der Waals surface area contributed by atoms with E-state index < -0.39 is 5.97 Å². The second kappa shape index (κ2) is 3.29. The van der Waals surface area contributed by atoms with E-state index in [2.05, 4.69) is 10.1 Å². The third-order valence-corrected chi connectivity index (χ3v) is 1.65. The Labute approximate surface area is 79.0 Å². The van der Waals surface area contributed by atoms with Gasteiger partial charge in [-0.3, -0.25) is 4.98 Å². The van der Waals surface area contributed by atoms with Crippen molar-refractivity contribution in [1.29, 1.82) is 0 Å². The zero-order chi connectivity index (χ0) is 9.97. The van der Waals surface area contributed by atoms with Crippen LogP contribution in [0.2, 0.25) is 0 Å². The Hall–Kier alpha value is -2.17. The first-order valence-corrected chi connectivity index (χ1v) is 3.89. The predicted molar refractivity (Wildman–Crippen MR) is 46.7 cm³/mol. The highest BCUT2D eigenvalue weighted by Crippen LogP contribution is 2.16. The Bertz CT molecular complexity index is 450. The van der Waals surface area contributed by atoms with Crippen molar-refractivity contribution in [2.75, 3.05) is 0 Å². The molecule has 0 aliphatic heterocycles. The van der Waals surface area contributed by atoms with Crippen LogP contribution >= 0.6 is 0 Å². The standard InChI is InChI=1S/C9H6N2O3/c12-9(13)7-5-8(14-11-7)6-3-1-2-4-10-6/h1-5H,(H,12,13). The zero-order valence-electron chi connectivity index (χ0n) is 7.04. The van der Waals surface area contributed by atoms with Crippen LogP contribution in [0, 0.1) is 0 Å². The predicted octanol–water partition coefficient (Wildman–Crippen LogP) is 1.43. The van der Waals surface area contributed by atoms with Crippen molar-refractivity contribution in [3.8, 4) is 11.5 Å². The fraction of sp³-hybridized carbons (Fsp3) is 0. The van der Waals surface area contributed by atoms with Crippen LogP contribution in [0.3, 0.4) is 0 Å². The average molecular weight is 190 g/mol. The summed E-state index contributed by atoms with van der Waals surface area (Å²) in [6, 6.07) is 6.60. The number of aromatic nitrogens is 2. The Morgan fingerprint density at radius 3 is 2.86 bits per heavy atom. The monoisotopic (exact) mass is 190 g/mol. The van der Waals surface area contributed by atoms with Crippen LogP contribution in [0.5, 0.6) is 0 Å². The molecule has 0 saturated heterocycles. The molecule has 2 aromatic heterocycles. The van der Waals surface area contributed by atoms with Gasteiger partial charge in [0.15, 0.2) is 11.5 Å². The van der Waals surface area contributed by atoms with E-state index in [-0.39, 0.29) is 5.69 Å². The molecule has 0 aliphatic rings. The van der Waals surface area contributed by atoms with E-state index in [1.54, 1.807) is 24.4 Å². The van der Waals surface area contributed by atoms with Crippen LogP contribution in [-0.2, 0) is 0 Å². The Morgan fingerprint density at radius 1 is 1.43 bits per heavy atom. The van der Waals surface area contributed by atoms with E-state index in [0.29, 0.717) is 11.5 Å². The summed E-state index contributed by atoms with van der Waals surface area (Å²) in [5, 5.41) is 12.0. The lowest BCUT2D eigenvalue weighted by Gasteiger charge is -1.90. The van der Waals surface area contributed by atoms with Crippen molar-refractivity contribution < 1.29 is 14.4 Å². The van der Waals surface area contributed by atoms with Crippen molar-refractivity contribution >= 4 is 5.97 Å².